The van der Waals surface area contributed by atoms with E-state index in [1.165, 1.54) is 18.2 Å². The van der Waals surface area contributed by atoms with Gasteiger partial charge < -0.3 is 10.6 Å². The van der Waals surface area contributed by atoms with Gasteiger partial charge in [0.15, 0.2) is 0 Å². The summed E-state index contributed by atoms with van der Waals surface area (Å²) in [5, 5.41) is 5.09. The highest BCUT2D eigenvalue weighted by molar-refractivity contribution is 7.89. The first-order chi connectivity index (χ1) is 14.0. The molecule has 0 atom stereocenters. The predicted molar refractivity (Wildman–Crippen MR) is 104 cm³/mol. The van der Waals surface area contributed by atoms with E-state index in [0.717, 1.165) is 12.1 Å². The Morgan fingerprint density at radius 3 is 2.20 bits per heavy atom. The van der Waals surface area contributed by atoms with Crippen LogP contribution in [0, 0.1) is 0 Å². The molecule has 2 aromatic carbocycles. The van der Waals surface area contributed by atoms with E-state index in [-0.39, 0.29) is 24.6 Å². The highest BCUT2D eigenvalue weighted by Crippen LogP contribution is 2.33. The molecule has 0 spiro atoms. The van der Waals surface area contributed by atoms with Crippen molar-refractivity contribution in [3.05, 3.63) is 59.7 Å². The van der Waals surface area contributed by atoms with Crippen LogP contribution in [0.25, 0.3) is 0 Å². The lowest BCUT2D eigenvalue weighted by molar-refractivity contribution is -0.139. The fraction of sp³-hybridized carbons (Fsp3) is 0.263. The quantitative estimate of drug-likeness (QED) is 0.546. The summed E-state index contributed by atoms with van der Waals surface area (Å²) in [6.45, 7) is 1.26. The molecule has 0 aromatic heterocycles. The molecule has 0 aliphatic carbocycles. The van der Waals surface area contributed by atoms with E-state index >= 15 is 0 Å². The van der Waals surface area contributed by atoms with Crippen molar-refractivity contribution in [3.63, 3.8) is 0 Å². The molecule has 0 bridgehead atoms. The molecule has 11 heteroatoms. The zero-order chi connectivity index (χ0) is 22.4. The monoisotopic (exact) mass is 443 g/mol. The third-order valence-corrected chi connectivity index (χ3v) is 5.46. The highest BCUT2D eigenvalue weighted by Gasteiger charge is 2.36. The maximum atomic E-state index is 13.0. The Kier molecular flexibility index (Phi) is 7.57. The largest absolute Gasteiger partial charge is 0.417 e. The molecule has 0 fully saturated rings. The van der Waals surface area contributed by atoms with Gasteiger partial charge >= 0.3 is 6.18 Å². The van der Waals surface area contributed by atoms with Gasteiger partial charge in [-0.3, -0.25) is 9.59 Å². The first-order valence-electron chi connectivity index (χ1n) is 8.88. The average molecular weight is 443 g/mol. The molecular weight excluding hydrogens is 423 g/mol. The smallest absolute Gasteiger partial charge is 0.351 e. The zero-order valence-electron chi connectivity index (χ0n) is 15.9. The van der Waals surface area contributed by atoms with Gasteiger partial charge in [-0.05, 0) is 36.4 Å². The second-order valence-corrected chi connectivity index (χ2v) is 7.86. The van der Waals surface area contributed by atoms with Gasteiger partial charge in [-0.15, -0.1) is 0 Å². The van der Waals surface area contributed by atoms with E-state index in [1.54, 1.807) is 19.1 Å². The van der Waals surface area contributed by atoms with E-state index in [0.29, 0.717) is 18.2 Å². The lowest BCUT2D eigenvalue weighted by atomic mass is 10.2. The normalized spacial score (nSPS) is 11.7. The van der Waals surface area contributed by atoms with Gasteiger partial charge in [-0.25, -0.2) is 13.1 Å². The van der Waals surface area contributed by atoms with Gasteiger partial charge in [-0.2, -0.15) is 13.2 Å². The molecule has 0 aliphatic rings. The number of hydrogen-bond acceptors (Lipinski definition) is 4. The molecule has 2 amide bonds. The van der Waals surface area contributed by atoms with Gasteiger partial charge in [0.2, 0.25) is 15.9 Å². The van der Waals surface area contributed by atoms with Crippen LogP contribution in [0.15, 0.2) is 53.4 Å². The fourth-order valence-electron chi connectivity index (χ4n) is 2.43. The molecule has 0 unspecified atom stereocenters. The topological polar surface area (TPSA) is 104 Å². The number of hydrogen-bond donors (Lipinski definition) is 3. The van der Waals surface area contributed by atoms with E-state index in [9.17, 15) is 31.2 Å². The molecule has 0 aliphatic heterocycles. The Bertz CT molecular complexity index is 1010. The van der Waals surface area contributed by atoms with E-state index in [2.05, 4.69) is 10.6 Å². The van der Waals surface area contributed by atoms with E-state index < -0.39 is 32.6 Å². The molecule has 0 radical (unpaired) electrons. The van der Waals surface area contributed by atoms with Crippen LogP contribution in [-0.4, -0.2) is 33.3 Å². The maximum absolute atomic E-state index is 13.0. The molecule has 2 aromatic rings. The van der Waals surface area contributed by atoms with Crippen LogP contribution >= 0.6 is 0 Å². The summed E-state index contributed by atoms with van der Waals surface area (Å²) in [5.41, 5.74) is -0.471. The van der Waals surface area contributed by atoms with Crippen molar-refractivity contribution in [2.75, 3.05) is 18.4 Å². The van der Waals surface area contributed by atoms with Crippen molar-refractivity contribution in [2.45, 2.75) is 24.4 Å². The van der Waals surface area contributed by atoms with Crippen LogP contribution in [0.5, 0.6) is 0 Å². The second-order valence-electron chi connectivity index (χ2n) is 6.13. The summed E-state index contributed by atoms with van der Waals surface area (Å²) >= 11 is 0. The minimum atomic E-state index is -4.82. The SMILES string of the molecule is CCC(=O)Nc1ccc(C(=O)NCCNS(=O)(=O)c2ccccc2C(F)(F)F)cc1. The Hall–Kier alpha value is -2.92. The standard InChI is InChI=1S/C19H20F3N3O4S/c1-2-17(26)25-14-9-7-13(8-10-14)18(27)23-11-12-24-30(28,29)16-6-4-3-5-15(16)19(20,21)22/h3-10,24H,2,11-12H2,1H3,(H,23,27)(H,25,26). The van der Waals surface area contributed by atoms with Crippen LogP contribution < -0.4 is 15.4 Å². The van der Waals surface area contributed by atoms with Crippen molar-refractivity contribution >= 4 is 27.5 Å². The number of alkyl halides is 3. The highest BCUT2D eigenvalue weighted by atomic mass is 32.2. The maximum Gasteiger partial charge on any atom is 0.417 e. The van der Waals surface area contributed by atoms with Gasteiger partial charge in [-0.1, -0.05) is 19.1 Å². The molecule has 162 valence electrons. The Labute approximate surface area is 171 Å². The molecule has 0 heterocycles. The predicted octanol–water partition coefficient (Wildman–Crippen LogP) is 2.76. The number of benzene rings is 2. The number of carbonyl (C=O) groups excluding carboxylic acids is 2. The van der Waals surface area contributed by atoms with Crippen LogP contribution in [0.4, 0.5) is 18.9 Å². The lowest BCUT2D eigenvalue weighted by Gasteiger charge is -2.14. The summed E-state index contributed by atoms with van der Waals surface area (Å²) < 4.78 is 65.5. The number of carbonyl (C=O) groups is 2. The van der Waals surface area contributed by atoms with Gasteiger partial charge in [0, 0.05) is 30.8 Å². The average Bonchev–Trinajstić information content (AvgIpc) is 2.71. The molecule has 7 nitrogen and oxygen atoms in total. The van der Waals surface area contributed by atoms with Crippen molar-refractivity contribution < 1.29 is 31.2 Å². The van der Waals surface area contributed by atoms with Crippen molar-refractivity contribution in [2.24, 2.45) is 0 Å². The third kappa shape index (κ3) is 6.29. The van der Waals surface area contributed by atoms with Crippen LogP contribution in [0.2, 0.25) is 0 Å². The van der Waals surface area contributed by atoms with Gasteiger partial charge in [0.25, 0.3) is 5.91 Å². The van der Waals surface area contributed by atoms with Crippen LogP contribution in [0.3, 0.4) is 0 Å². The summed E-state index contributed by atoms with van der Waals surface area (Å²) in [4.78, 5) is 22.5. The number of sulfonamides is 1. The second kappa shape index (κ2) is 9.72. The molecule has 3 N–H and O–H groups in total. The summed E-state index contributed by atoms with van der Waals surface area (Å²) in [5.74, 6) is -0.676. The van der Waals surface area contributed by atoms with Gasteiger partial charge in [0.05, 0.1) is 10.5 Å². The third-order valence-electron chi connectivity index (χ3n) is 3.94. The molecule has 0 saturated heterocycles. The number of anilines is 1. The summed E-state index contributed by atoms with van der Waals surface area (Å²) in [6.07, 6.45) is -4.51. The van der Waals surface area contributed by atoms with Crippen LogP contribution in [0.1, 0.15) is 29.3 Å². The molecule has 0 saturated carbocycles. The number of rotatable bonds is 8. The van der Waals surface area contributed by atoms with Crippen molar-refractivity contribution in [1.82, 2.24) is 10.0 Å². The number of nitrogens with one attached hydrogen (secondary N) is 3. The van der Waals surface area contributed by atoms with Crippen LogP contribution in [-0.2, 0) is 21.0 Å². The molecular formula is C19H20F3N3O4S. The minimum Gasteiger partial charge on any atom is -0.351 e. The first kappa shape index (κ1) is 23.4. The zero-order valence-corrected chi connectivity index (χ0v) is 16.7. The summed E-state index contributed by atoms with van der Waals surface area (Å²) in [6, 6.07) is 9.87. The lowest BCUT2D eigenvalue weighted by Crippen LogP contribution is -2.35. The first-order valence-corrected chi connectivity index (χ1v) is 10.4. The fourth-order valence-corrected chi connectivity index (χ4v) is 3.69. The van der Waals surface area contributed by atoms with Crippen molar-refractivity contribution in [1.29, 1.82) is 0 Å². The van der Waals surface area contributed by atoms with Gasteiger partial charge in [0.1, 0.15) is 0 Å². The van der Waals surface area contributed by atoms with E-state index in [4.69, 9.17) is 0 Å². The molecule has 2 rings (SSSR count). The van der Waals surface area contributed by atoms with E-state index in [1.807, 2.05) is 4.72 Å². The number of halogens is 3. The van der Waals surface area contributed by atoms with Crippen molar-refractivity contribution in [3.8, 4) is 0 Å². The Morgan fingerprint density at radius 2 is 1.60 bits per heavy atom. The Morgan fingerprint density at radius 1 is 0.967 bits per heavy atom. The minimum absolute atomic E-state index is 0.138. The summed E-state index contributed by atoms with van der Waals surface area (Å²) in [7, 11) is -4.42. The Balaban J connectivity index is 1.92. The molecule has 30 heavy (non-hydrogen) atoms. The number of amides is 2.